The Bertz CT molecular complexity index is 439. The van der Waals surface area contributed by atoms with E-state index in [-0.39, 0.29) is 12.5 Å². The summed E-state index contributed by atoms with van der Waals surface area (Å²) in [4.78, 5) is 11.0. The van der Waals surface area contributed by atoms with Gasteiger partial charge in [0.25, 0.3) is 0 Å². The molecular weight excluding hydrogens is 268 g/mol. The molecule has 1 saturated carbocycles. The summed E-state index contributed by atoms with van der Waals surface area (Å²) < 4.78 is 1.77. The van der Waals surface area contributed by atoms with Crippen LogP contribution < -0.4 is 0 Å². The number of tetrazole rings is 1. The Morgan fingerprint density at radius 3 is 2.67 bits per heavy atom. The van der Waals surface area contributed by atoms with E-state index in [1.165, 1.54) is 38.5 Å². The fraction of sp³-hybridized carbons (Fsp3) is 0.867. The summed E-state index contributed by atoms with van der Waals surface area (Å²) in [6.45, 7) is 2.06. The third-order valence-electron chi connectivity index (χ3n) is 4.38. The first-order valence-corrected chi connectivity index (χ1v) is 8.19. The largest absolute Gasteiger partial charge is 0.481 e. The molecule has 1 aliphatic rings. The van der Waals surface area contributed by atoms with Gasteiger partial charge in [0.1, 0.15) is 0 Å². The number of aromatic nitrogens is 4. The number of carboxylic acid groups (broad SMARTS) is 1. The van der Waals surface area contributed by atoms with Crippen molar-refractivity contribution in [2.75, 3.05) is 0 Å². The van der Waals surface area contributed by atoms with E-state index in [2.05, 4.69) is 22.4 Å². The summed E-state index contributed by atoms with van der Waals surface area (Å²) in [5, 5.41) is 21.1. The van der Waals surface area contributed by atoms with Crippen molar-refractivity contribution in [2.24, 2.45) is 5.92 Å². The number of aliphatic carboxylic acids is 1. The molecule has 1 fully saturated rings. The lowest BCUT2D eigenvalue weighted by atomic mass is 9.96. The maximum Gasteiger partial charge on any atom is 0.305 e. The maximum absolute atomic E-state index is 11.0. The van der Waals surface area contributed by atoms with Crippen molar-refractivity contribution < 1.29 is 9.90 Å². The Hall–Kier alpha value is -1.46. The number of carboxylic acids is 1. The molecule has 6 nitrogen and oxygen atoms in total. The van der Waals surface area contributed by atoms with E-state index in [1.54, 1.807) is 4.68 Å². The van der Waals surface area contributed by atoms with Gasteiger partial charge in [-0.25, -0.2) is 4.68 Å². The molecular formula is C15H26N4O2. The molecule has 0 radical (unpaired) electrons. The fourth-order valence-corrected chi connectivity index (χ4v) is 3.30. The quantitative estimate of drug-likeness (QED) is 0.782. The van der Waals surface area contributed by atoms with E-state index >= 15 is 0 Å². The second-order valence-electron chi connectivity index (χ2n) is 6.14. The van der Waals surface area contributed by atoms with E-state index in [0.29, 0.717) is 5.92 Å². The molecule has 0 aliphatic heterocycles. The first-order chi connectivity index (χ1) is 10.2. The van der Waals surface area contributed by atoms with Gasteiger partial charge < -0.3 is 5.11 Å². The first-order valence-electron chi connectivity index (χ1n) is 8.19. The van der Waals surface area contributed by atoms with Gasteiger partial charge in [0.15, 0.2) is 5.82 Å². The Kier molecular flexibility index (Phi) is 6.14. The van der Waals surface area contributed by atoms with Crippen LogP contribution in [0.1, 0.15) is 76.6 Å². The van der Waals surface area contributed by atoms with Crippen molar-refractivity contribution in [1.29, 1.82) is 0 Å². The van der Waals surface area contributed by atoms with Gasteiger partial charge in [0, 0.05) is 6.42 Å². The van der Waals surface area contributed by atoms with Crippen LogP contribution in [0.3, 0.4) is 0 Å². The molecule has 1 unspecified atom stereocenters. The van der Waals surface area contributed by atoms with Crippen LogP contribution in [0.2, 0.25) is 0 Å². The second kappa shape index (κ2) is 8.10. The fourth-order valence-electron chi connectivity index (χ4n) is 3.30. The molecule has 0 saturated heterocycles. The molecule has 2 rings (SSSR count). The van der Waals surface area contributed by atoms with E-state index in [9.17, 15) is 4.79 Å². The van der Waals surface area contributed by atoms with Crippen LogP contribution in [-0.4, -0.2) is 31.3 Å². The second-order valence-corrected chi connectivity index (χ2v) is 6.14. The van der Waals surface area contributed by atoms with E-state index in [1.807, 2.05) is 0 Å². The number of rotatable bonds is 7. The lowest BCUT2D eigenvalue weighted by Crippen LogP contribution is -2.19. The first kappa shape index (κ1) is 15.9. The molecule has 1 aromatic heterocycles. The van der Waals surface area contributed by atoms with Gasteiger partial charge in [-0.2, -0.15) is 0 Å². The molecule has 1 aromatic rings. The predicted molar refractivity (Wildman–Crippen MR) is 78.9 cm³/mol. The molecule has 0 aromatic carbocycles. The number of carbonyl (C=O) groups is 1. The average molecular weight is 294 g/mol. The van der Waals surface area contributed by atoms with E-state index < -0.39 is 5.97 Å². The standard InChI is InChI=1S/C15H26N4O2/c1-2-7-13(11-15(20)21)19-14(16-17-18-19)10-12-8-5-3-4-6-9-12/h12-13H,2-11H2,1H3,(H,20,21). The molecule has 1 heterocycles. The van der Waals surface area contributed by atoms with Crippen molar-refractivity contribution in [3.63, 3.8) is 0 Å². The normalized spacial score (nSPS) is 18.3. The highest BCUT2D eigenvalue weighted by Crippen LogP contribution is 2.27. The van der Waals surface area contributed by atoms with Crippen molar-refractivity contribution in [3.05, 3.63) is 5.82 Å². The van der Waals surface area contributed by atoms with Gasteiger partial charge in [0.05, 0.1) is 12.5 Å². The Balaban J connectivity index is 2.06. The maximum atomic E-state index is 11.0. The number of hydrogen-bond acceptors (Lipinski definition) is 4. The smallest absolute Gasteiger partial charge is 0.305 e. The highest BCUT2D eigenvalue weighted by atomic mass is 16.4. The topological polar surface area (TPSA) is 80.9 Å². The highest BCUT2D eigenvalue weighted by molar-refractivity contribution is 5.67. The molecule has 0 spiro atoms. The van der Waals surface area contributed by atoms with Gasteiger partial charge in [-0.3, -0.25) is 4.79 Å². The molecule has 118 valence electrons. The van der Waals surface area contributed by atoms with Crippen LogP contribution in [0.15, 0.2) is 0 Å². The summed E-state index contributed by atoms with van der Waals surface area (Å²) >= 11 is 0. The molecule has 1 atom stereocenters. The monoisotopic (exact) mass is 294 g/mol. The van der Waals surface area contributed by atoms with Crippen LogP contribution in [0.25, 0.3) is 0 Å². The van der Waals surface area contributed by atoms with Gasteiger partial charge >= 0.3 is 5.97 Å². The lowest BCUT2D eigenvalue weighted by molar-refractivity contribution is -0.138. The minimum atomic E-state index is -0.788. The van der Waals surface area contributed by atoms with E-state index in [4.69, 9.17) is 5.11 Å². The highest BCUT2D eigenvalue weighted by Gasteiger charge is 2.22. The van der Waals surface area contributed by atoms with Gasteiger partial charge in [-0.05, 0) is 22.8 Å². The predicted octanol–water partition coefficient (Wildman–Crippen LogP) is 3.00. The Morgan fingerprint density at radius 1 is 1.33 bits per heavy atom. The molecule has 0 amide bonds. The number of hydrogen-bond donors (Lipinski definition) is 1. The SMILES string of the molecule is CCCC(CC(=O)O)n1nnnc1CC1CCCCCC1. The molecule has 1 N–H and O–H groups in total. The van der Waals surface area contributed by atoms with Gasteiger partial charge in [-0.15, -0.1) is 5.10 Å². The summed E-state index contributed by atoms with van der Waals surface area (Å²) in [6.07, 6.45) is 10.4. The molecule has 0 bridgehead atoms. The average Bonchev–Trinajstić information content (AvgIpc) is 2.73. The Morgan fingerprint density at radius 2 is 2.05 bits per heavy atom. The van der Waals surface area contributed by atoms with E-state index in [0.717, 1.165) is 25.1 Å². The van der Waals surface area contributed by atoms with Crippen LogP contribution in [0.4, 0.5) is 0 Å². The lowest BCUT2D eigenvalue weighted by Gasteiger charge is -2.18. The molecule has 1 aliphatic carbocycles. The summed E-state index contributed by atoms with van der Waals surface area (Å²) in [5.41, 5.74) is 0. The van der Waals surface area contributed by atoms with Crippen LogP contribution in [0.5, 0.6) is 0 Å². The van der Waals surface area contributed by atoms with Crippen LogP contribution >= 0.6 is 0 Å². The van der Waals surface area contributed by atoms with Crippen molar-refractivity contribution in [2.45, 2.75) is 77.2 Å². The van der Waals surface area contributed by atoms with Crippen molar-refractivity contribution >= 4 is 5.97 Å². The molecule has 6 heteroatoms. The number of nitrogens with zero attached hydrogens (tertiary/aromatic N) is 4. The minimum Gasteiger partial charge on any atom is -0.481 e. The zero-order valence-electron chi connectivity index (χ0n) is 12.9. The Labute approximate surface area is 125 Å². The summed E-state index contributed by atoms with van der Waals surface area (Å²) in [6, 6.07) is -0.122. The molecule has 21 heavy (non-hydrogen) atoms. The van der Waals surface area contributed by atoms with Gasteiger partial charge in [-0.1, -0.05) is 51.9 Å². The van der Waals surface area contributed by atoms with Crippen LogP contribution in [0, 0.1) is 5.92 Å². The minimum absolute atomic E-state index is 0.0938. The summed E-state index contributed by atoms with van der Waals surface area (Å²) in [5.74, 6) is 0.718. The third-order valence-corrected chi connectivity index (χ3v) is 4.38. The van der Waals surface area contributed by atoms with Crippen molar-refractivity contribution in [1.82, 2.24) is 20.2 Å². The van der Waals surface area contributed by atoms with Crippen molar-refractivity contribution in [3.8, 4) is 0 Å². The summed E-state index contributed by atoms with van der Waals surface area (Å²) in [7, 11) is 0. The zero-order valence-corrected chi connectivity index (χ0v) is 12.9. The van der Waals surface area contributed by atoms with Crippen LogP contribution in [-0.2, 0) is 11.2 Å². The zero-order chi connectivity index (χ0) is 15.1. The third kappa shape index (κ3) is 4.79. The van der Waals surface area contributed by atoms with Gasteiger partial charge in [0.2, 0.25) is 0 Å².